The van der Waals surface area contributed by atoms with Crippen LogP contribution in [-0.4, -0.2) is 4.98 Å². The lowest BCUT2D eigenvalue weighted by Gasteiger charge is -2.09. The highest BCUT2D eigenvalue weighted by Gasteiger charge is 2.22. The van der Waals surface area contributed by atoms with Crippen LogP contribution in [0.25, 0.3) is 33.3 Å². The molecule has 3 heteroatoms. The first-order chi connectivity index (χ1) is 13.9. The standard InChI is InChI=1S/C23H25N2O/c1-13(2)17-9-10-25(6)19(12-17)21-14(3)7-8-18-20-15(4)11-16(5)24-23(20)26-22(18)21/h7-13H,1-6H3/q+1/i4D3,13D. The van der Waals surface area contributed by atoms with Crippen molar-refractivity contribution in [1.29, 1.82) is 0 Å². The van der Waals surface area contributed by atoms with Crippen LogP contribution in [0.15, 0.2) is 40.9 Å². The predicted octanol–water partition coefficient (Wildman–Crippen LogP) is 5.52. The van der Waals surface area contributed by atoms with Crippen molar-refractivity contribution >= 4 is 22.1 Å². The van der Waals surface area contributed by atoms with E-state index in [0.717, 1.165) is 27.8 Å². The summed E-state index contributed by atoms with van der Waals surface area (Å²) in [5.74, 6) is -0.744. The summed E-state index contributed by atoms with van der Waals surface area (Å²) in [4.78, 5) is 4.48. The first kappa shape index (κ1) is 12.6. The molecule has 3 nitrogen and oxygen atoms in total. The van der Waals surface area contributed by atoms with Crippen molar-refractivity contribution in [3.05, 3.63) is 58.9 Å². The summed E-state index contributed by atoms with van der Waals surface area (Å²) >= 11 is 0. The van der Waals surface area contributed by atoms with Crippen LogP contribution in [0.5, 0.6) is 0 Å². The minimum absolute atomic E-state index is 0.254. The first-order valence-electron chi connectivity index (χ1n) is 10.7. The number of hydrogen-bond donors (Lipinski definition) is 0. The molecule has 3 aromatic heterocycles. The molecule has 0 aliphatic heterocycles. The third-order valence-corrected chi connectivity index (χ3v) is 4.93. The van der Waals surface area contributed by atoms with E-state index in [2.05, 4.69) is 4.98 Å². The molecule has 0 amide bonds. The van der Waals surface area contributed by atoms with Crippen LogP contribution in [0.4, 0.5) is 0 Å². The summed E-state index contributed by atoms with van der Waals surface area (Å²) in [5, 5.41) is 1.27. The topological polar surface area (TPSA) is 29.9 Å². The van der Waals surface area contributed by atoms with Crippen molar-refractivity contribution in [3.8, 4) is 11.3 Å². The van der Waals surface area contributed by atoms with Gasteiger partial charge in [0.05, 0.1) is 10.9 Å². The maximum absolute atomic E-state index is 8.42. The largest absolute Gasteiger partial charge is 0.437 e. The molecule has 0 N–H and O–H groups in total. The fourth-order valence-corrected chi connectivity index (χ4v) is 3.51. The monoisotopic (exact) mass is 349 g/mol. The maximum Gasteiger partial charge on any atom is 0.227 e. The third kappa shape index (κ3) is 2.50. The molecule has 26 heavy (non-hydrogen) atoms. The zero-order chi connectivity index (χ0) is 22.0. The molecular weight excluding hydrogens is 320 g/mol. The molecule has 0 aliphatic rings. The Morgan fingerprint density at radius 3 is 2.69 bits per heavy atom. The summed E-state index contributed by atoms with van der Waals surface area (Å²) in [6.45, 7) is 5.22. The molecule has 0 fully saturated rings. The van der Waals surface area contributed by atoms with Crippen molar-refractivity contribution in [2.75, 3.05) is 0 Å². The molecule has 0 radical (unpaired) electrons. The minimum Gasteiger partial charge on any atom is -0.437 e. The van der Waals surface area contributed by atoms with E-state index in [4.69, 9.17) is 9.90 Å². The SMILES string of the molecule is [2H]C([2H])([2H])c1cc(C)nc2oc3c(-c4cc(C([2H])(C)C)cc[n+]4C)c(C)ccc3c12. The number of hydrogen-bond acceptors (Lipinski definition) is 2. The molecule has 0 atom stereocenters. The fraction of sp³-hybridized carbons (Fsp3) is 0.304. The van der Waals surface area contributed by atoms with E-state index in [9.17, 15) is 0 Å². The molecule has 0 bridgehead atoms. The predicted molar refractivity (Wildman–Crippen MR) is 106 cm³/mol. The molecule has 3 heterocycles. The Bertz CT molecular complexity index is 1300. The number of aryl methyl sites for hydroxylation is 4. The number of pyridine rings is 2. The van der Waals surface area contributed by atoms with Crippen LogP contribution < -0.4 is 4.57 Å². The van der Waals surface area contributed by atoms with Gasteiger partial charge in [-0.25, -0.2) is 9.55 Å². The molecule has 0 aliphatic carbocycles. The van der Waals surface area contributed by atoms with Gasteiger partial charge in [-0.2, -0.15) is 0 Å². The number of rotatable bonds is 2. The second-order valence-electron chi connectivity index (χ2n) is 7.14. The molecule has 0 spiro atoms. The zero-order valence-electron chi connectivity index (χ0n) is 19.8. The van der Waals surface area contributed by atoms with Gasteiger partial charge in [-0.05, 0) is 49.4 Å². The Balaban J connectivity index is 2.13. The van der Waals surface area contributed by atoms with Gasteiger partial charge in [0.2, 0.25) is 11.4 Å². The fourth-order valence-electron chi connectivity index (χ4n) is 3.51. The Labute approximate surface area is 159 Å². The van der Waals surface area contributed by atoms with Gasteiger partial charge in [0.1, 0.15) is 7.05 Å². The average molecular weight is 349 g/mol. The van der Waals surface area contributed by atoms with Crippen molar-refractivity contribution in [3.63, 3.8) is 0 Å². The highest BCUT2D eigenvalue weighted by Crippen LogP contribution is 2.38. The lowest BCUT2D eigenvalue weighted by Crippen LogP contribution is -2.31. The van der Waals surface area contributed by atoms with Gasteiger partial charge in [-0.3, -0.25) is 0 Å². The maximum atomic E-state index is 8.42. The van der Waals surface area contributed by atoms with E-state index in [-0.39, 0.29) is 5.56 Å². The number of aromatic nitrogens is 2. The second-order valence-corrected chi connectivity index (χ2v) is 7.14. The van der Waals surface area contributed by atoms with E-state index >= 15 is 0 Å². The lowest BCUT2D eigenvalue weighted by molar-refractivity contribution is -0.660. The first-order valence-corrected chi connectivity index (χ1v) is 8.72. The highest BCUT2D eigenvalue weighted by atomic mass is 16.3. The van der Waals surface area contributed by atoms with Gasteiger partial charge in [0, 0.05) is 28.7 Å². The summed E-state index contributed by atoms with van der Waals surface area (Å²) < 4.78 is 40.6. The Hall–Kier alpha value is -2.68. The molecule has 4 rings (SSSR count). The van der Waals surface area contributed by atoms with Crippen LogP contribution in [0.3, 0.4) is 0 Å². The molecule has 132 valence electrons. The normalized spacial score (nSPS) is 15.0. The van der Waals surface area contributed by atoms with Gasteiger partial charge >= 0.3 is 0 Å². The molecule has 1 aromatic carbocycles. The Morgan fingerprint density at radius 1 is 1.15 bits per heavy atom. The summed E-state index contributed by atoms with van der Waals surface area (Å²) in [6.07, 6.45) is 1.94. The third-order valence-electron chi connectivity index (χ3n) is 4.93. The van der Waals surface area contributed by atoms with Crippen molar-refractivity contribution in [2.24, 2.45) is 7.05 Å². The zero-order valence-corrected chi connectivity index (χ0v) is 15.8. The molecular formula is C23H25N2O+. The van der Waals surface area contributed by atoms with Gasteiger partial charge in [0.25, 0.3) is 0 Å². The molecule has 0 saturated carbocycles. The average Bonchev–Trinajstić information content (AvgIpc) is 2.97. The summed E-state index contributed by atoms with van der Waals surface area (Å²) in [6, 6.07) is 9.46. The Kier molecular flexibility index (Phi) is 2.89. The van der Waals surface area contributed by atoms with Crippen LogP contribution in [-0.2, 0) is 7.05 Å². The van der Waals surface area contributed by atoms with E-state index < -0.39 is 12.7 Å². The van der Waals surface area contributed by atoms with Gasteiger partial charge < -0.3 is 4.42 Å². The molecule has 4 aromatic rings. The highest BCUT2D eigenvalue weighted by molar-refractivity contribution is 6.10. The Morgan fingerprint density at radius 2 is 1.96 bits per heavy atom. The van der Waals surface area contributed by atoms with Crippen LogP contribution in [0.2, 0.25) is 0 Å². The lowest BCUT2D eigenvalue weighted by atomic mass is 9.97. The number of benzene rings is 1. The van der Waals surface area contributed by atoms with E-state index in [1.807, 2.05) is 62.8 Å². The van der Waals surface area contributed by atoms with Gasteiger partial charge in [0.15, 0.2) is 11.8 Å². The van der Waals surface area contributed by atoms with Crippen molar-refractivity contribution < 1.29 is 14.5 Å². The number of fused-ring (bicyclic) bond motifs is 3. The molecule has 0 unspecified atom stereocenters. The smallest absolute Gasteiger partial charge is 0.227 e. The molecule has 0 saturated heterocycles. The number of nitrogens with zero attached hydrogens (tertiary/aromatic N) is 2. The van der Waals surface area contributed by atoms with E-state index in [0.29, 0.717) is 22.4 Å². The van der Waals surface area contributed by atoms with Crippen molar-refractivity contribution in [2.45, 2.75) is 40.4 Å². The minimum atomic E-state index is -2.27. The van der Waals surface area contributed by atoms with Gasteiger partial charge in [-0.15, -0.1) is 0 Å². The quantitative estimate of drug-likeness (QED) is 0.446. The van der Waals surface area contributed by atoms with E-state index in [1.54, 1.807) is 13.0 Å². The van der Waals surface area contributed by atoms with Crippen LogP contribution in [0, 0.1) is 20.7 Å². The second kappa shape index (κ2) is 5.94. The summed E-state index contributed by atoms with van der Waals surface area (Å²) in [7, 11) is 1.95. The van der Waals surface area contributed by atoms with Crippen molar-refractivity contribution in [1.82, 2.24) is 4.98 Å². The van der Waals surface area contributed by atoms with Crippen LogP contribution >= 0.6 is 0 Å². The van der Waals surface area contributed by atoms with Gasteiger partial charge in [-0.1, -0.05) is 26.0 Å². The summed E-state index contributed by atoms with van der Waals surface area (Å²) in [5.41, 5.74) is 5.49. The van der Waals surface area contributed by atoms with Crippen LogP contribution in [0.1, 0.15) is 47.6 Å². The number of furan rings is 1. The van der Waals surface area contributed by atoms with E-state index in [1.165, 1.54) is 0 Å².